The minimum absolute atomic E-state index is 0.210. The predicted molar refractivity (Wildman–Crippen MR) is 82.5 cm³/mol. The molecule has 7 heteroatoms. The van der Waals surface area contributed by atoms with E-state index in [1.165, 1.54) is 12.1 Å². The summed E-state index contributed by atoms with van der Waals surface area (Å²) < 4.78 is 28.9. The van der Waals surface area contributed by atoms with Gasteiger partial charge < -0.3 is 19.2 Å². The molecular formula is C16H14FN3O3. The summed E-state index contributed by atoms with van der Waals surface area (Å²) in [5, 5.41) is 10.8. The van der Waals surface area contributed by atoms with Gasteiger partial charge in [-0.25, -0.2) is 4.39 Å². The molecule has 1 heterocycles. The van der Waals surface area contributed by atoms with Crippen molar-refractivity contribution in [2.24, 2.45) is 0 Å². The Morgan fingerprint density at radius 1 is 0.957 bits per heavy atom. The molecule has 3 aromatic rings. The standard InChI is InChI=1S/C16H14FN3O3/c1-21-13-8-3-10(9-14(13)22-2)15-19-20-16(23-15)18-12-6-4-11(17)5-7-12/h3-9H,1-2H3,(H,18,20). The fourth-order valence-electron chi connectivity index (χ4n) is 2.02. The highest BCUT2D eigenvalue weighted by atomic mass is 19.1. The van der Waals surface area contributed by atoms with Crippen LogP contribution in [0.5, 0.6) is 11.5 Å². The summed E-state index contributed by atoms with van der Waals surface area (Å²) in [7, 11) is 3.12. The maximum atomic E-state index is 12.9. The third-order valence-corrected chi connectivity index (χ3v) is 3.15. The number of anilines is 2. The Kier molecular flexibility index (Phi) is 4.09. The van der Waals surface area contributed by atoms with Crippen LogP contribution in [0.3, 0.4) is 0 Å². The molecule has 0 spiro atoms. The van der Waals surface area contributed by atoms with Crippen LogP contribution in [-0.4, -0.2) is 24.4 Å². The van der Waals surface area contributed by atoms with Crippen molar-refractivity contribution in [3.63, 3.8) is 0 Å². The lowest BCUT2D eigenvalue weighted by Crippen LogP contribution is -1.90. The molecule has 0 amide bonds. The van der Waals surface area contributed by atoms with Gasteiger partial charge in [0.25, 0.3) is 0 Å². The second kappa shape index (κ2) is 6.35. The van der Waals surface area contributed by atoms with E-state index in [1.54, 1.807) is 44.6 Å². The van der Waals surface area contributed by atoms with Crippen LogP contribution in [0, 0.1) is 5.82 Å². The minimum Gasteiger partial charge on any atom is -0.493 e. The summed E-state index contributed by atoms with van der Waals surface area (Å²) in [6.45, 7) is 0. The molecule has 0 fully saturated rings. The lowest BCUT2D eigenvalue weighted by molar-refractivity contribution is 0.355. The molecule has 6 nitrogen and oxygen atoms in total. The Hall–Kier alpha value is -3.09. The van der Waals surface area contributed by atoms with Crippen LogP contribution >= 0.6 is 0 Å². The number of ether oxygens (including phenoxy) is 2. The van der Waals surface area contributed by atoms with E-state index in [9.17, 15) is 4.39 Å². The van der Waals surface area contributed by atoms with Crippen molar-refractivity contribution in [2.75, 3.05) is 19.5 Å². The van der Waals surface area contributed by atoms with Gasteiger partial charge in [0.1, 0.15) is 5.82 Å². The lowest BCUT2D eigenvalue weighted by Gasteiger charge is -2.07. The summed E-state index contributed by atoms with van der Waals surface area (Å²) in [6, 6.07) is 11.3. The molecule has 0 aliphatic heterocycles. The van der Waals surface area contributed by atoms with Crippen LogP contribution < -0.4 is 14.8 Å². The number of halogens is 1. The van der Waals surface area contributed by atoms with Gasteiger partial charge in [0, 0.05) is 11.3 Å². The first kappa shape index (κ1) is 14.8. The number of rotatable bonds is 5. The van der Waals surface area contributed by atoms with Crippen LogP contribution in [-0.2, 0) is 0 Å². The average molecular weight is 315 g/mol. The number of nitrogens with one attached hydrogen (secondary N) is 1. The van der Waals surface area contributed by atoms with Crippen LogP contribution in [0.4, 0.5) is 16.1 Å². The Morgan fingerprint density at radius 2 is 1.70 bits per heavy atom. The van der Waals surface area contributed by atoms with E-state index in [0.717, 1.165) is 0 Å². The zero-order chi connectivity index (χ0) is 16.2. The summed E-state index contributed by atoms with van der Waals surface area (Å²) in [4.78, 5) is 0. The third kappa shape index (κ3) is 3.23. The molecular weight excluding hydrogens is 301 g/mol. The van der Waals surface area contributed by atoms with Crippen LogP contribution in [0.25, 0.3) is 11.5 Å². The van der Waals surface area contributed by atoms with Gasteiger partial charge in [-0.1, -0.05) is 5.10 Å². The molecule has 0 radical (unpaired) electrons. The topological polar surface area (TPSA) is 69.4 Å². The minimum atomic E-state index is -0.313. The van der Waals surface area contributed by atoms with Crippen LogP contribution in [0.15, 0.2) is 46.9 Å². The zero-order valence-electron chi connectivity index (χ0n) is 12.5. The molecule has 2 aromatic carbocycles. The van der Waals surface area contributed by atoms with Gasteiger partial charge in [-0.3, -0.25) is 0 Å². The quantitative estimate of drug-likeness (QED) is 0.775. The molecule has 3 rings (SSSR count). The molecule has 23 heavy (non-hydrogen) atoms. The second-order valence-electron chi connectivity index (χ2n) is 4.61. The fourth-order valence-corrected chi connectivity index (χ4v) is 2.02. The predicted octanol–water partition coefficient (Wildman–Crippen LogP) is 3.64. The molecule has 0 atom stereocenters. The maximum absolute atomic E-state index is 12.9. The largest absolute Gasteiger partial charge is 0.493 e. The van der Waals surface area contributed by atoms with Gasteiger partial charge in [-0.15, -0.1) is 5.10 Å². The third-order valence-electron chi connectivity index (χ3n) is 3.15. The molecule has 0 saturated heterocycles. The summed E-state index contributed by atoms with van der Waals surface area (Å²) in [5.74, 6) is 1.19. The first-order valence-corrected chi connectivity index (χ1v) is 6.78. The Bertz CT molecular complexity index is 803. The molecule has 1 N–H and O–H groups in total. The van der Waals surface area contributed by atoms with Gasteiger partial charge in [0.15, 0.2) is 11.5 Å². The normalized spacial score (nSPS) is 10.4. The first-order chi connectivity index (χ1) is 11.2. The van der Waals surface area contributed by atoms with Crippen molar-refractivity contribution in [3.8, 4) is 23.0 Å². The number of methoxy groups -OCH3 is 2. The van der Waals surface area contributed by atoms with Gasteiger partial charge >= 0.3 is 6.01 Å². The average Bonchev–Trinajstić information content (AvgIpc) is 3.05. The first-order valence-electron chi connectivity index (χ1n) is 6.78. The molecule has 0 aliphatic rings. The Balaban J connectivity index is 1.82. The summed E-state index contributed by atoms with van der Waals surface area (Å²) in [5.41, 5.74) is 1.34. The van der Waals surface area contributed by atoms with E-state index in [-0.39, 0.29) is 11.8 Å². The highest BCUT2D eigenvalue weighted by molar-refractivity contribution is 5.61. The summed E-state index contributed by atoms with van der Waals surface area (Å²) >= 11 is 0. The fraction of sp³-hybridized carbons (Fsp3) is 0.125. The van der Waals surface area contributed by atoms with Crippen molar-refractivity contribution in [2.45, 2.75) is 0 Å². The van der Waals surface area contributed by atoms with Crippen LogP contribution in [0.2, 0.25) is 0 Å². The highest BCUT2D eigenvalue weighted by Gasteiger charge is 2.12. The van der Waals surface area contributed by atoms with Gasteiger partial charge in [0.2, 0.25) is 5.89 Å². The molecule has 0 unspecified atom stereocenters. The van der Waals surface area contributed by atoms with E-state index < -0.39 is 0 Å². The highest BCUT2D eigenvalue weighted by Crippen LogP contribution is 2.32. The maximum Gasteiger partial charge on any atom is 0.320 e. The lowest BCUT2D eigenvalue weighted by atomic mass is 10.2. The van der Waals surface area contributed by atoms with E-state index in [2.05, 4.69) is 15.5 Å². The van der Waals surface area contributed by atoms with E-state index in [0.29, 0.717) is 28.6 Å². The summed E-state index contributed by atoms with van der Waals surface area (Å²) in [6.07, 6.45) is 0. The van der Waals surface area contributed by atoms with E-state index in [1.807, 2.05) is 0 Å². The van der Waals surface area contributed by atoms with Crippen molar-refractivity contribution in [1.82, 2.24) is 10.2 Å². The van der Waals surface area contributed by atoms with Crippen molar-refractivity contribution < 1.29 is 18.3 Å². The van der Waals surface area contributed by atoms with Gasteiger partial charge in [0.05, 0.1) is 14.2 Å². The van der Waals surface area contributed by atoms with Crippen LogP contribution in [0.1, 0.15) is 0 Å². The molecule has 0 aliphatic carbocycles. The van der Waals surface area contributed by atoms with Gasteiger partial charge in [-0.2, -0.15) is 0 Å². The number of benzene rings is 2. The zero-order valence-corrected chi connectivity index (χ0v) is 12.5. The molecule has 0 saturated carbocycles. The number of hydrogen-bond acceptors (Lipinski definition) is 6. The smallest absolute Gasteiger partial charge is 0.320 e. The SMILES string of the molecule is COc1ccc(-c2nnc(Nc3ccc(F)cc3)o2)cc1OC. The van der Waals surface area contributed by atoms with Crippen molar-refractivity contribution in [3.05, 3.63) is 48.3 Å². The molecule has 1 aromatic heterocycles. The number of aromatic nitrogens is 2. The second-order valence-corrected chi connectivity index (χ2v) is 4.61. The van der Waals surface area contributed by atoms with E-state index in [4.69, 9.17) is 13.9 Å². The molecule has 118 valence electrons. The Labute approximate surface area is 131 Å². The van der Waals surface area contributed by atoms with E-state index >= 15 is 0 Å². The van der Waals surface area contributed by atoms with Crippen molar-refractivity contribution >= 4 is 11.7 Å². The Morgan fingerprint density at radius 3 is 2.39 bits per heavy atom. The molecule has 0 bridgehead atoms. The number of hydrogen-bond donors (Lipinski definition) is 1. The monoisotopic (exact) mass is 315 g/mol. The van der Waals surface area contributed by atoms with Gasteiger partial charge in [-0.05, 0) is 42.5 Å². The number of nitrogens with zero attached hydrogens (tertiary/aromatic N) is 2. The van der Waals surface area contributed by atoms with Crippen molar-refractivity contribution in [1.29, 1.82) is 0 Å².